The van der Waals surface area contributed by atoms with E-state index in [1.165, 1.54) is 24.0 Å². The number of benzene rings is 1. The fourth-order valence-electron chi connectivity index (χ4n) is 5.73. The Balaban J connectivity index is 1.43. The summed E-state index contributed by atoms with van der Waals surface area (Å²) in [5.74, 6) is 0. The van der Waals surface area contributed by atoms with E-state index in [-0.39, 0.29) is 24.2 Å². The van der Waals surface area contributed by atoms with Gasteiger partial charge in [0.25, 0.3) is 0 Å². The smallest absolute Gasteiger partial charge is 0.0853 e. The van der Waals surface area contributed by atoms with E-state index in [1.807, 2.05) is 12.1 Å². The Labute approximate surface area is 166 Å². The minimum Gasteiger partial charge on any atom is -0.390 e. The van der Waals surface area contributed by atoms with Gasteiger partial charge in [0.15, 0.2) is 0 Å². The van der Waals surface area contributed by atoms with E-state index in [0.29, 0.717) is 5.69 Å². The third-order valence-corrected chi connectivity index (χ3v) is 7.20. The van der Waals surface area contributed by atoms with E-state index in [0.717, 1.165) is 44.7 Å². The van der Waals surface area contributed by atoms with E-state index in [4.69, 9.17) is 0 Å². The number of piperidine rings is 1. The van der Waals surface area contributed by atoms with Crippen LogP contribution in [0.15, 0.2) is 42.6 Å². The van der Waals surface area contributed by atoms with E-state index in [1.54, 1.807) is 6.20 Å². The number of likely N-dealkylation sites (tertiary alicyclic amines) is 1. The number of aliphatic hydroxyl groups is 2. The van der Waals surface area contributed by atoms with E-state index >= 15 is 0 Å². The van der Waals surface area contributed by atoms with Crippen molar-refractivity contribution < 1.29 is 10.2 Å². The summed E-state index contributed by atoms with van der Waals surface area (Å²) < 4.78 is 0. The van der Waals surface area contributed by atoms with Crippen LogP contribution in [0.25, 0.3) is 0 Å². The monoisotopic (exact) mass is 379 g/mol. The van der Waals surface area contributed by atoms with Gasteiger partial charge in [-0.25, -0.2) is 0 Å². The van der Waals surface area contributed by atoms with Crippen LogP contribution in [-0.2, 0) is 12.0 Å². The Hall–Kier alpha value is -1.95. The SMILES string of the molecule is OCc1cc(N2CCC3(CC2)c2ccccc2[C@H](N2CCCC2)[C@H]3O)ccn1. The standard InChI is InChI=1S/C23H29N3O2/c27-16-17-15-18(7-10-24-17)25-13-8-23(9-14-25)20-6-2-1-5-19(20)21(22(23)28)26-11-3-4-12-26/h1-2,5-7,10,15,21-22,27-28H,3-4,8-9,11-14,16H2/t21-,22+/m0/s1. The molecular weight excluding hydrogens is 350 g/mol. The average Bonchev–Trinajstić information content (AvgIpc) is 3.35. The third kappa shape index (κ3) is 2.76. The topological polar surface area (TPSA) is 59.8 Å². The van der Waals surface area contributed by atoms with Gasteiger partial charge in [0, 0.05) is 30.4 Å². The first-order valence-electron chi connectivity index (χ1n) is 10.6. The normalized spacial score (nSPS) is 26.7. The molecule has 28 heavy (non-hydrogen) atoms. The number of aromatic nitrogens is 1. The van der Waals surface area contributed by atoms with E-state index in [9.17, 15) is 10.2 Å². The molecule has 0 unspecified atom stereocenters. The molecule has 1 aromatic carbocycles. The van der Waals surface area contributed by atoms with Gasteiger partial charge in [0.05, 0.1) is 24.4 Å². The quantitative estimate of drug-likeness (QED) is 0.859. The Morgan fingerprint density at radius 2 is 1.79 bits per heavy atom. The Morgan fingerprint density at radius 3 is 2.54 bits per heavy atom. The van der Waals surface area contributed by atoms with Crippen LogP contribution in [0.1, 0.15) is 48.5 Å². The Bertz CT molecular complexity index is 841. The summed E-state index contributed by atoms with van der Waals surface area (Å²) in [7, 11) is 0. The summed E-state index contributed by atoms with van der Waals surface area (Å²) in [6.07, 6.45) is 5.81. The van der Waals surface area contributed by atoms with Crippen molar-refractivity contribution in [1.29, 1.82) is 0 Å². The number of fused-ring (bicyclic) bond motifs is 2. The second-order valence-corrected chi connectivity index (χ2v) is 8.53. The molecule has 0 bridgehead atoms. The van der Waals surface area contributed by atoms with Crippen molar-refractivity contribution in [3.05, 3.63) is 59.4 Å². The highest BCUT2D eigenvalue weighted by Gasteiger charge is 2.54. The van der Waals surface area contributed by atoms with Crippen molar-refractivity contribution in [3.8, 4) is 0 Å². The minimum absolute atomic E-state index is 0.0325. The van der Waals surface area contributed by atoms with Crippen molar-refractivity contribution in [2.75, 3.05) is 31.1 Å². The molecule has 0 amide bonds. The first-order chi connectivity index (χ1) is 13.7. The maximum atomic E-state index is 11.6. The molecule has 2 aliphatic heterocycles. The summed E-state index contributed by atoms with van der Waals surface area (Å²) in [5, 5.41) is 21.0. The van der Waals surface area contributed by atoms with Gasteiger partial charge in [-0.1, -0.05) is 24.3 Å². The van der Waals surface area contributed by atoms with Crippen LogP contribution in [0, 0.1) is 0 Å². The van der Waals surface area contributed by atoms with E-state index in [2.05, 4.69) is 39.0 Å². The van der Waals surface area contributed by atoms with Gasteiger partial charge in [-0.05, 0) is 62.0 Å². The predicted octanol–water partition coefficient (Wildman–Crippen LogP) is 2.62. The van der Waals surface area contributed by atoms with Crippen molar-refractivity contribution in [1.82, 2.24) is 9.88 Å². The molecule has 1 aromatic heterocycles. The molecule has 1 spiro atoms. The second kappa shape index (κ2) is 7.14. The molecule has 5 rings (SSSR count). The third-order valence-electron chi connectivity index (χ3n) is 7.20. The maximum Gasteiger partial charge on any atom is 0.0853 e. The molecular formula is C23H29N3O2. The summed E-state index contributed by atoms with van der Waals surface area (Å²) >= 11 is 0. The molecule has 1 aliphatic carbocycles. The number of nitrogens with zero attached hydrogens (tertiary/aromatic N) is 3. The molecule has 148 valence electrons. The average molecular weight is 380 g/mol. The summed E-state index contributed by atoms with van der Waals surface area (Å²) in [6, 6.07) is 12.9. The summed E-state index contributed by atoms with van der Waals surface area (Å²) in [6.45, 7) is 3.98. The van der Waals surface area contributed by atoms with Crippen molar-refractivity contribution in [2.45, 2.75) is 49.9 Å². The van der Waals surface area contributed by atoms with Gasteiger partial charge < -0.3 is 15.1 Å². The lowest BCUT2D eigenvalue weighted by Crippen LogP contribution is -2.49. The zero-order valence-corrected chi connectivity index (χ0v) is 16.3. The first-order valence-corrected chi connectivity index (χ1v) is 10.6. The fraction of sp³-hybridized carbons (Fsp3) is 0.522. The zero-order valence-electron chi connectivity index (χ0n) is 16.3. The van der Waals surface area contributed by atoms with Gasteiger partial charge in [0.2, 0.25) is 0 Å². The molecule has 0 radical (unpaired) electrons. The van der Waals surface area contributed by atoms with Gasteiger partial charge in [-0.3, -0.25) is 9.88 Å². The van der Waals surface area contributed by atoms with Crippen LogP contribution in [0.2, 0.25) is 0 Å². The van der Waals surface area contributed by atoms with Crippen LogP contribution in [0.4, 0.5) is 5.69 Å². The molecule has 0 saturated carbocycles. The van der Waals surface area contributed by atoms with Crippen molar-refractivity contribution in [2.24, 2.45) is 0 Å². The largest absolute Gasteiger partial charge is 0.390 e. The summed E-state index contributed by atoms with van der Waals surface area (Å²) in [5.41, 5.74) is 4.39. The van der Waals surface area contributed by atoms with Gasteiger partial charge in [0.1, 0.15) is 0 Å². The van der Waals surface area contributed by atoms with Crippen molar-refractivity contribution >= 4 is 5.69 Å². The Kier molecular flexibility index (Phi) is 4.62. The molecule has 5 nitrogen and oxygen atoms in total. The molecule has 2 aromatic rings. The predicted molar refractivity (Wildman–Crippen MR) is 109 cm³/mol. The number of hydrogen-bond donors (Lipinski definition) is 2. The fourth-order valence-corrected chi connectivity index (χ4v) is 5.73. The number of hydrogen-bond acceptors (Lipinski definition) is 5. The second-order valence-electron chi connectivity index (χ2n) is 8.53. The molecule has 3 aliphatic rings. The first kappa shape index (κ1) is 18.1. The molecule has 3 heterocycles. The van der Waals surface area contributed by atoms with Gasteiger partial charge >= 0.3 is 0 Å². The van der Waals surface area contributed by atoms with Crippen LogP contribution in [-0.4, -0.2) is 52.4 Å². The highest BCUT2D eigenvalue weighted by Crippen LogP contribution is 2.53. The maximum absolute atomic E-state index is 11.6. The van der Waals surface area contributed by atoms with Gasteiger partial charge in [-0.15, -0.1) is 0 Å². The number of pyridine rings is 1. The highest BCUT2D eigenvalue weighted by atomic mass is 16.3. The van der Waals surface area contributed by atoms with Crippen LogP contribution >= 0.6 is 0 Å². The number of anilines is 1. The van der Waals surface area contributed by atoms with E-state index < -0.39 is 0 Å². The molecule has 5 heteroatoms. The lowest BCUT2D eigenvalue weighted by atomic mass is 9.72. The van der Waals surface area contributed by atoms with Crippen molar-refractivity contribution in [3.63, 3.8) is 0 Å². The van der Waals surface area contributed by atoms with Gasteiger partial charge in [-0.2, -0.15) is 0 Å². The lowest BCUT2D eigenvalue weighted by molar-refractivity contribution is 0.00816. The molecule has 2 saturated heterocycles. The zero-order chi connectivity index (χ0) is 19.1. The number of aliphatic hydroxyl groups excluding tert-OH is 2. The van der Waals surface area contributed by atoms with Crippen LogP contribution in [0.5, 0.6) is 0 Å². The highest BCUT2D eigenvalue weighted by molar-refractivity contribution is 5.50. The Morgan fingerprint density at radius 1 is 1.04 bits per heavy atom. The summed E-state index contributed by atoms with van der Waals surface area (Å²) in [4.78, 5) is 9.06. The minimum atomic E-state index is -0.337. The molecule has 2 fully saturated rings. The molecule has 2 atom stereocenters. The van der Waals surface area contributed by atoms with Crippen LogP contribution < -0.4 is 4.90 Å². The van der Waals surface area contributed by atoms with Crippen LogP contribution in [0.3, 0.4) is 0 Å². The number of rotatable bonds is 3. The lowest BCUT2D eigenvalue weighted by Gasteiger charge is -2.44. The molecule has 2 N–H and O–H groups in total.